The Balaban J connectivity index is 1.62. The summed E-state index contributed by atoms with van der Waals surface area (Å²) in [6.07, 6.45) is 7.12. The fourth-order valence-electron chi connectivity index (χ4n) is 4.29. The van der Waals surface area contributed by atoms with E-state index in [2.05, 4.69) is 30.7 Å². The van der Waals surface area contributed by atoms with Crippen molar-refractivity contribution in [3.05, 3.63) is 79.2 Å². The Labute approximate surface area is 202 Å². The summed E-state index contributed by atoms with van der Waals surface area (Å²) in [7, 11) is 0. The summed E-state index contributed by atoms with van der Waals surface area (Å²) in [5.74, 6) is 0.137. The van der Waals surface area contributed by atoms with Crippen molar-refractivity contribution in [1.29, 1.82) is 0 Å². The van der Waals surface area contributed by atoms with Gasteiger partial charge in [-0.3, -0.25) is 0 Å². The molecule has 1 N–H and O–H groups in total. The van der Waals surface area contributed by atoms with Crippen molar-refractivity contribution in [2.45, 2.75) is 38.1 Å². The van der Waals surface area contributed by atoms with Crippen LogP contribution in [0.2, 0.25) is 0 Å². The standard InChI is InChI=1S/C25H22BrN3O3S/c26-18-10-11-22(30)17(12-18)14-27-28-25-29(19-7-2-1-3-8-19)21(15-33-25)20-13-16-6-4-5-9-23(16)32-24(20)31/h4-6,9-15,19,30H,1-3,7-8H2/b27-14-,28-25+. The van der Waals surface area contributed by atoms with E-state index in [0.717, 1.165) is 46.0 Å². The van der Waals surface area contributed by atoms with Crippen LogP contribution in [0, 0.1) is 0 Å². The second kappa shape index (κ2) is 9.49. The summed E-state index contributed by atoms with van der Waals surface area (Å²) >= 11 is 4.86. The van der Waals surface area contributed by atoms with Crippen molar-refractivity contribution in [2.75, 3.05) is 0 Å². The quantitative estimate of drug-likeness (QED) is 0.195. The minimum absolute atomic E-state index is 0.137. The predicted molar refractivity (Wildman–Crippen MR) is 135 cm³/mol. The van der Waals surface area contributed by atoms with E-state index in [1.165, 1.54) is 24.0 Å². The molecule has 6 nitrogen and oxygen atoms in total. The number of phenolic OH excluding ortho intramolecular Hbond substituents is 1. The van der Waals surface area contributed by atoms with Crippen LogP contribution in [-0.2, 0) is 0 Å². The van der Waals surface area contributed by atoms with Gasteiger partial charge in [0.15, 0.2) is 0 Å². The van der Waals surface area contributed by atoms with E-state index < -0.39 is 0 Å². The minimum atomic E-state index is -0.356. The Morgan fingerprint density at radius 2 is 1.94 bits per heavy atom. The first-order valence-electron chi connectivity index (χ1n) is 10.9. The smallest absolute Gasteiger partial charge is 0.345 e. The number of benzene rings is 2. The maximum absolute atomic E-state index is 12.9. The average molecular weight is 524 g/mol. The fraction of sp³-hybridized carbons (Fsp3) is 0.240. The molecule has 0 amide bonds. The molecule has 0 aliphatic heterocycles. The molecule has 2 aromatic heterocycles. The zero-order valence-corrected chi connectivity index (χ0v) is 20.2. The van der Waals surface area contributed by atoms with Crippen molar-refractivity contribution in [3.63, 3.8) is 0 Å². The van der Waals surface area contributed by atoms with Gasteiger partial charge in [0.1, 0.15) is 11.3 Å². The maximum Gasteiger partial charge on any atom is 0.345 e. The van der Waals surface area contributed by atoms with E-state index in [1.54, 1.807) is 24.3 Å². The Morgan fingerprint density at radius 1 is 1.12 bits per heavy atom. The SMILES string of the molecule is O=c1oc2ccccc2cc1-c1cs/c(=N/N=C\c2cc(Br)ccc2O)n1C1CCCCC1. The van der Waals surface area contributed by atoms with Gasteiger partial charge >= 0.3 is 5.63 Å². The van der Waals surface area contributed by atoms with Gasteiger partial charge in [-0.2, -0.15) is 5.10 Å². The van der Waals surface area contributed by atoms with Crippen molar-refractivity contribution < 1.29 is 9.52 Å². The number of para-hydroxylation sites is 1. The number of thiazole rings is 1. The molecule has 2 heterocycles. The number of hydrogen-bond donors (Lipinski definition) is 1. The first kappa shape index (κ1) is 21.9. The van der Waals surface area contributed by atoms with Gasteiger partial charge in [0, 0.05) is 26.8 Å². The number of rotatable bonds is 4. The van der Waals surface area contributed by atoms with E-state index in [4.69, 9.17) is 4.42 Å². The number of aromatic hydroxyl groups is 1. The monoisotopic (exact) mass is 523 g/mol. The lowest BCUT2D eigenvalue weighted by Crippen LogP contribution is -2.24. The summed E-state index contributed by atoms with van der Waals surface area (Å²) in [6.45, 7) is 0. The molecule has 8 heteroatoms. The van der Waals surface area contributed by atoms with Crippen LogP contribution in [0.15, 0.2) is 77.8 Å². The molecule has 1 saturated carbocycles. The largest absolute Gasteiger partial charge is 0.507 e. The molecule has 0 saturated heterocycles. The minimum Gasteiger partial charge on any atom is -0.507 e. The highest BCUT2D eigenvalue weighted by Gasteiger charge is 2.22. The van der Waals surface area contributed by atoms with Crippen molar-refractivity contribution in [3.8, 4) is 17.0 Å². The van der Waals surface area contributed by atoms with Gasteiger partial charge in [-0.05, 0) is 43.2 Å². The van der Waals surface area contributed by atoms with E-state index in [0.29, 0.717) is 16.7 Å². The molecule has 33 heavy (non-hydrogen) atoms. The summed E-state index contributed by atoms with van der Waals surface area (Å²) in [5.41, 5.74) is 2.14. The first-order chi connectivity index (χ1) is 16.1. The highest BCUT2D eigenvalue weighted by atomic mass is 79.9. The highest BCUT2D eigenvalue weighted by Crippen LogP contribution is 2.32. The number of phenols is 1. The van der Waals surface area contributed by atoms with E-state index in [-0.39, 0.29) is 17.4 Å². The highest BCUT2D eigenvalue weighted by molar-refractivity contribution is 9.10. The Morgan fingerprint density at radius 3 is 2.79 bits per heavy atom. The van der Waals surface area contributed by atoms with Crippen LogP contribution in [0.25, 0.3) is 22.2 Å². The molecule has 168 valence electrons. The number of hydrogen-bond acceptors (Lipinski definition) is 6. The van der Waals surface area contributed by atoms with Crippen LogP contribution in [0.5, 0.6) is 5.75 Å². The van der Waals surface area contributed by atoms with Gasteiger partial charge in [0.05, 0.1) is 17.5 Å². The van der Waals surface area contributed by atoms with Crippen LogP contribution >= 0.6 is 27.3 Å². The van der Waals surface area contributed by atoms with Crippen LogP contribution < -0.4 is 10.4 Å². The lowest BCUT2D eigenvalue weighted by atomic mass is 9.95. The van der Waals surface area contributed by atoms with Crippen molar-refractivity contribution >= 4 is 44.5 Å². The molecule has 0 unspecified atom stereocenters. The van der Waals surface area contributed by atoms with Crippen LogP contribution in [0.1, 0.15) is 43.7 Å². The molecule has 0 spiro atoms. The second-order valence-corrected chi connectivity index (χ2v) is 9.85. The van der Waals surface area contributed by atoms with Gasteiger partial charge in [-0.1, -0.05) is 53.4 Å². The number of halogens is 1. The molecular weight excluding hydrogens is 502 g/mol. The summed E-state index contributed by atoms with van der Waals surface area (Å²) in [6, 6.07) is 14.8. The predicted octanol–water partition coefficient (Wildman–Crippen LogP) is 6.23. The summed E-state index contributed by atoms with van der Waals surface area (Å²) in [4.78, 5) is 13.6. The van der Waals surface area contributed by atoms with Gasteiger partial charge in [0.2, 0.25) is 4.80 Å². The van der Waals surface area contributed by atoms with Crippen LogP contribution in [0.4, 0.5) is 0 Å². The molecule has 2 aromatic carbocycles. The van der Waals surface area contributed by atoms with Gasteiger partial charge < -0.3 is 14.1 Å². The van der Waals surface area contributed by atoms with Crippen LogP contribution in [0.3, 0.4) is 0 Å². The average Bonchev–Trinajstić information content (AvgIpc) is 3.25. The molecular formula is C25H22BrN3O3S. The fourth-order valence-corrected chi connectivity index (χ4v) is 5.58. The Hall–Kier alpha value is -2.97. The van der Waals surface area contributed by atoms with E-state index in [1.807, 2.05) is 29.6 Å². The van der Waals surface area contributed by atoms with Gasteiger partial charge in [-0.15, -0.1) is 16.4 Å². The van der Waals surface area contributed by atoms with Gasteiger partial charge in [-0.25, -0.2) is 4.79 Å². The lowest BCUT2D eigenvalue weighted by molar-refractivity contribution is 0.350. The molecule has 0 bridgehead atoms. The number of nitrogens with zero attached hydrogens (tertiary/aromatic N) is 3. The first-order valence-corrected chi connectivity index (χ1v) is 12.6. The van der Waals surface area contributed by atoms with Crippen LogP contribution in [-0.4, -0.2) is 15.9 Å². The van der Waals surface area contributed by atoms with Crippen molar-refractivity contribution in [1.82, 2.24) is 4.57 Å². The zero-order chi connectivity index (χ0) is 22.8. The molecule has 5 rings (SSSR count). The molecule has 4 aromatic rings. The third-order valence-corrected chi connectivity index (χ3v) is 7.25. The summed E-state index contributed by atoms with van der Waals surface area (Å²) < 4.78 is 8.59. The zero-order valence-electron chi connectivity index (χ0n) is 17.8. The normalized spacial score (nSPS) is 15.6. The second-order valence-electron chi connectivity index (χ2n) is 8.10. The third kappa shape index (κ3) is 4.58. The molecule has 0 atom stereocenters. The summed E-state index contributed by atoms with van der Waals surface area (Å²) in [5, 5.41) is 21.6. The van der Waals surface area contributed by atoms with Gasteiger partial charge in [0.25, 0.3) is 0 Å². The number of aromatic nitrogens is 1. The molecule has 1 aliphatic carbocycles. The molecule has 1 fully saturated rings. The van der Waals surface area contributed by atoms with E-state index >= 15 is 0 Å². The lowest BCUT2D eigenvalue weighted by Gasteiger charge is -2.24. The number of fused-ring (bicyclic) bond motifs is 1. The maximum atomic E-state index is 12.9. The Bertz CT molecular complexity index is 1460. The molecule has 1 aliphatic rings. The third-order valence-electron chi connectivity index (χ3n) is 5.93. The molecule has 0 radical (unpaired) electrons. The Kier molecular flexibility index (Phi) is 6.28. The topological polar surface area (TPSA) is 80.1 Å². The van der Waals surface area contributed by atoms with Crippen molar-refractivity contribution in [2.24, 2.45) is 10.2 Å². The van der Waals surface area contributed by atoms with E-state index in [9.17, 15) is 9.90 Å².